The molecule has 16 nitrogen and oxygen atoms in total. The van der Waals surface area contributed by atoms with Crippen LogP contribution in [0.3, 0.4) is 0 Å². The molecule has 3 heterocycles. The van der Waals surface area contributed by atoms with Crippen molar-refractivity contribution in [3.8, 4) is 11.3 Å². The quantitative estimate of drug-likeness (QED) is 0.140. The molecule has 2 aromatic rings. The molecule has 0 spiro atoms. The Bertz CT molecular complexity index is 1810. The molecule has 23 heteroatoms. The number of halogens is 6. The van der Waals surface area contributed by atoms with Crippen molar-refractivity contribution in [2.45, 2.75) is 91.6 Å². The lowest BCUT2D eigenvalue weighted by atomic mass is 9.89. The van der Waals surface area contributed by atoms with E-state index in [9.17, 15) is 42.3 Å². The van der Waals surface area contributed by atoms with E-state index in [4.69, 9.17) is 58.5 Å². The normalized spacial score (nSPS) is 22.7. The van der Waals surface area contributed by atoms with Gasteiger partial charge in [-0.25, -0.2) is 22.6 Å². The number of hydrogen-bond acceptors (Lipinski definition) is 14. The van der Waals surface area contributed by atoms with Gasteiger partial charge in [0.05, 0.1) is 19.3 Å². The van der Waals surface area contributed by atoms with Crippen LogP contribution in [0.25, 0.3) is 11.3 Å². The zero-order valence-corrected chi connectivity index (χ0v) is 34.1. The molecule has 6 atom stereocenters. The van der Waals surface area contributed by atoms with E-state index >= 15 is 0 Å². The number of β-amino-alcohol motifs (C(OH)–C–C–N with tert-alkyl or cyclic N) is 1. The van der Waals surface area contributed by atoms with Crippen LogP contribution in [0, 0.1) is 17.5 Å². The number of esters is 3. The first-order valence-electron chi connectivity index (χ1n) is 16.8. The van der Waals surface area contributed by atoms with Crippen LogP contribution in [0.4, 0.5) is 18.0 Å². The summed E-state index contributed by atoms with van der Waals surface area (Å²) in [6.07, 6.45) is -4.21. The number of thioether (sulfide) groups is 1. The molecule has 56 heavy (non-hydrogen) atoms. The summed E-state index contributed by atoms with van der Waals surface area (Å²) >= 11 is 18.6. The molecular formula is C33H39Cl3F3N5O11S. The van der Waals surface area contributed by atoms with Crippen LogP contribution in [0.1, 0.15) is 47.6 Å². The number of hydrogen-bond donors (Lipinski definition) is 1. The summed E-state index contributed by atoms with van der Waals surface area (Å²) in [5.41, 5.74) is -5.46. The molecule has 0 bridgehead atoms. The molecule has 0 unspecified atom stereocenters. The van der Waals surface area contributed by atoms with Crippen molar-refractivity contribution in [1.82, 2.24) is 24.8 Å². The van der Waals surface area contributed by atoms with Crippen molar-refractivity contribution in [1.29, 1.82) is 0 Å². The highest BCUT2D eigenvalue weighted by atomic mass is 35.6. The van der Waals surface area contributed by atoms with Gasteiger partial charge in [0.2, 0.25) is 9.70 Å². The molecule has 2 saturated heterocycles. The van der Waals surface area contributed by atoms with Crippen LogP contribution < -0.4 is 0 Å². The molecule has 2 aliphatic heterocycles. The van der Waals surface area contributed by atoms with Crippen LogP contribution in [0.5, 0.6) is 0 Å². The lowest BCUT2D eigenvalue weighted by Gasteiger charge is -2.52. The van der Waals surface area contributed by atoms with E-state index < -0.39 is 117 Å². The third-order valence-electron chi connectivity index (χ3n) is 8.81. The summed E-state index contributed by atoms with van der Waals surface area (Å²) in [7, 11) is 1.46. The van der Waals surface area contributed by atoms with Gasteiger partial charge in [-0.2, -0.15) is 0 Å². The van der Waals surface area contributed by atoms with Gasteiger partial charge in [0, 0.05) is 39.9 Å². The summed E-state index contributed by atoms with van der Waals surface area (Å²) in [6.45, 7) is 6.31. The first kappa shape index (κ1) is 45.1. The number of rotatable bonds is 12. The molecule has 1 N–H and O–H groups in total. The van der Waals surface area contributed by atoms with E-state index in [0.717, 1.165) is 36.5 Å². The zero-order chi connectivity index (χ0) is 42.1. The van der Waals surface area contributed by atoms with Gasteiger partial charge in [0.25, 0.3) is 0 Å². The SMILES string of the molecule is CCN(C)C(=O)[C@@H](S[C@@H]1O[C@H](COC(C)=O)[C@H](OC(C)=O)[C@H](n2cc(-c3cc(F)c(F)c(F)c3)nn2)[C@H]1OC(C)=O)C1(O)CN(C(=O)OC(C)(C)C(Cl)(Cl)Cl)C1. The number of ether oxygens (including phenoxy) is 5. The van der Waals surface area contributed by atoms with Crippen LogP contribution in [0.2, 0.25) is 0 Å². The highest BCUT2D eigenvalue weighted by Gasteiger charge is 2.59. The Morgan fingerprint density at radius 3 is 2.12 bits per heavy atom. The van der Waals surface area contributed by atoms with Crippen LogP contribution in [0.15, 0.2) is 18.3 Å². The van der Waals surface area contributed by atoms with Crippen LogP contribution in [-0.2, 0) is 42.9 Å². The molecule has 1 aromatic heterocycles. The molecule has 1 aromatic carbocycles. The summed E-state index contributed by atoms with van der Waals surface area (Å²) in [6, 6.07) is -0.0794. The highest BCUT2D eigenvalue weighted by Crippen LogP contribution is 2.45. The average molecular weight is 877 g/mol. The van der Waals surface area contributed by atoms with Gasteiger partial charge >= 0.3 is 24.0 Å². The maximum absolute atomic E-state index is 14.2. The first-order chi connectivity index (χ1) is 25.9. The Morgan fingerprint density at radius 2 is 1.61 bits per heavy atom. The predicted octanol–water partition coefficient (Wildman–Crippen LogP) is 3.97. The predicted molar refractivity (Wildman–Crippen MR) is 193 cm³/mol. The Balaban J connectivity index is 1.79. The fourth-order valence-electron chi connectivity index (χ4n) is 5.71. The molecule has 2 aliphatic rings. The largest absolute Gasteiger partial charge is 0.463 e. The topological polar surface area (TPSA) is 189 Å². The van der Waals surface area contributed by atoms with Gasteiger partial charge < -0.3 is 38.6 Å². The standard InChI is InChI=1S/C33H39Cl3F3N5O11S/c1-8-42(7)28(48)27(32(50)13-43(14-32)30(49)55-31(5,6)33(34,35)36)56-29-26(53-17(4)47)24(25(52-16(3)46)22(54-29)12-51-15(2)45)44-11-21(40-41-44)18-9-19(37)23(39)20(38)10-18/h9-11,22,24-27,29,50H,8,12-14H2,1-7H3/t22-,24+,25+,26-,27-,29+/m1/s1. The smallest absolute Gasteiger partial charge is 0.410 e. The molecule has 0 radical (unpaired) electrons. The number of nitrogens with zero attached hydrogens (tertiary/aromatic N) is 5. The third-order valence-corrected chi connectivity index (χ3v) is 11.7. The minimum atomic E-state index is -2.02. The summed E-state index contributed by atoms with van der Waals surface area (Å²) in [4.78, 5) is 66.5. The van der Waals surface area contributed by atoms with Gasteiger partial charge in [-0.15, -0.1) is 16.9 Å². The molecule has 4 rings (SSSR count). The number of amides is 2. The summed E-state index contributed by atoms with van der Waals surface area (Å²) in [5.74, 6) is -7.91. The van der Waals surface area contributed by atoms with Crippen molar-refractivity contribution >= 4 is 76.5 Å². The van der Waals surface area contributed by atoms with Crippen molar-refractivity contribution in [3.05, 3.63) is 35.8 Å². The maximum atomic E-state index is 14.2. The van der Waals surface area contributed by atoms with Gasteiger partial charge in [0.15, 0.2) is 35.3 Å². The molecule has 310 valence electrons. The second kappa shape index (κ2) is 17.5. The van der Waals surface area contributed by atoms with E-state index in [-0.39, 0.29) is 17.8 Å². The number of carbonyl (C=O) groups is 5. The molecule has 0 aliphatic carbocycles. The van der Waals surface area contributed by atoms with Crippen LogP contribution >= 0.6 is 46.6 Å². The number of likely N-dealkylation sites (tertiary alicyclic amines) is 1. The van der Waals surface area contributed by atoms with Crippen molar-refractivity contribution < 1.29 is 65.9 Å². The van der Waals surface area contributed by atoms with E-state index in [0.29, 0.717) is 23.9 Å². The van der Waals surface area contributed by atoms with Crippen molar-refractivity contribution in [2.24, 2.45) is 0 Å². The van der Waals surface area contributed by atoms with E-state index in [1.54, 1.807) is 6.92 Å². The number of carbonyl (C=O) groups excluding carboxylic acids is 5. The molecule has 2 fully saturated rings. The molecule has 2 amide bonds. The van der Waals surface area contributed by atoms with E-state index in [1.807, 2.05) is 0 Å². The minimum absolute atomic E-state index is 0.173. The Labute approximate surface area is 338 Å². The molecule has 0 saturated carbocycles. The van der Waals surface area contributed by atoms with Crippen LogP contribution in [-0.4, -0.2) is 137 Å². The van der Waals surface area contributed by atoms with Crippen molar-refractivity contribution in [2.75, 3.05) is 33.3 Å². The summed E-state index contributed by atoms with van der Waals surface area (Å²) < 4.78 is 69.4. The lowest BCUT2D eigenvalue weighted by Crippen LogP contribution is -2.71. The van der Waals surface area contributed by atoms with Gasteiger partial charge in [-0.05, 0) is 32.9 Å². The fraction of sp³-hybridized carbons (Fsp3) is 0.606. The first-order valence-corrected chi connectivity index (χ1v) is 18.8. The van der Waals surface area contributed by atoms with E-state index in [2.05, 4.69) is 10.3 Å². The average Bonchev–Trinajstić information content (AvgIpc) is 3.56. The highest BCUT2D eigenvalue weighted by molar-refractivity contribution is 8.01. The monoisotopic (exact) mass is 875 g/mol. The molecular weight excluding hydrogens is 838 g/mol. The van der Waals surface area contributed by atoms with Gasteiger partial charge in [-0.1, -0.05) is 40.0 Å². The Kier molecular flexibility index (Phi) is 14.1. The lowest BCUT2D eigenvalue weighted by molar-refractivity contribution is -0.212. The third kappa shape index (κ3) is 10.1. The number of aliphatic hydroxyl groups is 1. The Morgan fingerprint density at radius 1 is 1.04 bits per heavy atom. The minimum Gasteiger partial charge on any atom is -0.463 e. The zero-order valence-electron chi connectivity index (χ0n) is 31.0. The fourth-order valence-corrected chi connectivity index (χ4v) is 7.37. The second-order valence-electron chi connectivity index (χ2n) is 13.5. The van der Waals surface area contributed by atoms with Gasteiger partial charge in [-0.3, -0.25) is 19.2 Å². The number of aromatic nitrogens is 3. The number of alkyl halides is 3. The summed E-state index contributed by atoms with van der Waals surface area (Å²) in [5, 5.41) is 18.5. The number of benzene rings is 1. The Hall–Kier alpha value is -3.56. The second-order valence-corrected chi connectivity index (χ2v) is 17.0. The van der Waals surface area contributed by atoms with E-state index in [1.165, 1.54) is 25.8 Å². The van der Waals surface area contributed by atoms with Crippen molar-refractivity contribution in [3.63, 3.8) is 0 Å². The maximum Gasteiger partial charge on any atom is 0.410 e. The van der Waals surface area contributed by atoms with Gasteiger partial charge in [0.1, 0.15) is 40.7 Å².